The summed E-state index contributed by atoms with van der Waals surface area (Å²) in [4.78, 5) is 4.37. The summed E-state index contributed by atoms with van der Waals surface area (Å²) in [6.07, 6.45) is 3.47. The lowest BCUT2D eigenvalue weighted by molar-refractivity contribution is 0.661. The fourth-order valence-electron chi connectivity index (χ4n) is 1.68. The quantitative estimate of drug-likeness (QED) is 0.853. The molecule has 0 atom stereocenters. The van der Waals surface area contributed by atoms with E-state index in [2.05, 4.69) is 10.1 Å². The molecule has 0 aliphatic carbocycles. The summed E-state index contributed by atoms with van der Waals surface area (Å²) in [6.45, 7) is 2.41. The van der Waals surface area contributed by atoms with Crippen molar-refractivity contribution in [1.82, 2.24) is 19.3 Å². The van der Waals surface area contributed by atoms with E-state index in [0.29, 0.717) is 17.4 Å². The molecule has 2 aromatic heterocycles. The van der Waals surface area contributed by atoms with Crippen molar-refractivity contribution in [2.24, 2.45) is 12.8 Å². The van der Waals surface area contributed by atoms with Crippen molar-refractivity contribution in [2.45, 2.75) is 13.5 Å². The van der Waals surface area contributed by atoms with Crippen LogP contribution in [0.5, 0.6) is 0 Å². The number of imidazole rings is 1. The molecule has 2 N–H and O–H groups in total. The zero-order chi connectivity index (χ0) is 12.6. The van der Waals surface area contributed by atoms with Crippen LogP contribution in [0.2, 0.25) is 5.02 Å². The molecular weight excluding hydrogens is 258 g/mol. The molecule has 5 nitrogen and oxygen atoms in total. The molecule has 90 valence electrons. The topological polar surface area (TPSA) is 61.7 Å². The third-order valence-electron chi connectivity index (χ3n) is 2.52. The van der Waals surface area contributed by atoms with Crippen molar-refractivity contribution < 1.29 is 0 Å². The first-order chi connectivity index (χ1) is 8.00. The lowest BCUT2D eigenvalue weighted by atomic mass is 10.3. The van der Waals surface area contributed by atoms with Gasteiger partial charge >= 0.3 is 0 Å². The minimum Gasteiger partial charge on any atom is -0.387 e. The predicted molar refractivity (Wildman–Crippen MR) is 70.2 cm³/mol. The molecule has 0 aliphatic rings. The van der Waals surface area contributed by atoms with Crippen LogP contribution < -0.4 is 5.73 Å². The summed E-state index contributed by atoms with van der Waals surface area (Å²) in [6, 6.07) is 0. The van der Waals surface area contributed by atoms with Crippen molar-refractivity contribution in [2.75, 3.05) is 0 Å². The Balaban J connectivity index is 2.38. The van der Waals surface area contributed by atoms with Crippen molar-refractivity contribution >= 4 is 28.8 Å². The second kappa shape index (κ2) is 4.46. The molecule has 0 bridgehead atoms. The maximum Gasteiger partial charge on any atom is 0.167 e. The summed E-state index contributed by atoms with van der Waals surface area (Å²) in [5.74, 6) is 0.579. The molecule has 0 unspecified atom stereocenters. The van der Waals surface area contributed by atoms with E-state index in [1.807, 2.05) is 24.7 Å². The molecule has 2 heterocycles. The number of halogens is 1. The molecule has 2 rings (SSSR count). The third-order valence-corrected chi connectivity index (χ3v) is 3.19. The molecular formula is C10H12ClN5S. The average Bonchev–Trinajstić information content (AvgIpc) is 2.80. The summed E-state index contributed by atoms with van der Waals surface area (Å²) in [5.41, 5.74) is 7.30. The van der Waals surface area contributed by atoms with Gasteiger partial charge < -0.3 is 10.3 Å². The Hall–Kier alpha value is -1.40. The van der Waals surface area contributed by atoms with Crippen LogP contribution in [0.3, 0.4) is 0 Å². The van der Waals surface area contributed by atoms with Gasteiger partial charge in [-0.3, -0.25) is 4.68 Å². The van der Waals surface area contributed by atoms with Gasteiger partial charge in [-0.05, 0) is 6.92 Å². The van der Waals surface area contributed by atoms with E-state index in [1.165, 1.54) is 0 Å². The minimum atomic E-state index is 0.269. The Bertz CT molecular complexity index is 571. The van der Waals surface area contributed by atoms with Crippen LogP contribution in [-0.4, -0.2) is 24.3 Å². The van der Waals surface area contributed by atoms with Gasteiger partial charge in [0.05, 0.1) is 23.0 Å². The summed E-state index contributed by atoms with van der Waals surface area (Å²) < 4.78 is 3.60. The number of rotatable bonds is 3. The maximum absolute atomic E-state index is 6.18. The molecule has 0 amide bonds. The van der Waals surface area contributed by atoms with Gasteiger partial charge in [-0.25, -0.2) is 4.98 Å². The number of aromatic nitrogens is 4. The molecule has 17 heavy (non-hydrogen) atoms. The molecule has 0 saturated heterocycles. The largest absolute Gasteiger partial charge is 0.387 e. The molecule has 2 aromatic rings. The van der Waals surface area contributed by atoms with Gasteiger partial charge in [-0.2, -0.15) is 5.10 Å². The highest BCUT2D eigenvalue weighted by atomic mass is 35.5. The van der Waals surface area contributed by atoms with E-state index in [4.69, 9.17) is 29.6 Å². The smallest absolute Gasteiger partial charge is 0.167 e. The van der Waals surface area contributed by atoms with Gasteiger partial charge in [0.1, 0.15) is 4.99 Å². The number of thiocarbonyl (C=S) groups is 1. The Kier molecular flexibility index (Phi) is 3.17. The number of aryl methyl sites for hydroxylation is 2. The van der Waals surface area contributed by atoms with Crippen LogP contribution in [0.1, 0.15) is 17.2 Å². The maximum atomic E-state index is 6.18. The van der Waals surface area contributed by atoms with E-state index >= 15 is 0 Å². The lowest BCUT2D eigenvalue weighted by Crippen LogP contribution is -2.18. The van der Waals surface area contributed by atoms with Crippen LogP contribution >= 0.6 is 23.8 Å². The van der Waals surface area contributed by atoms with Crippen molar-refractivity contribution in [3.63, 3.8) is 0 Å². The highest BCUT2D eigenvalue weighted by molar-refractivity contribution is 7.80. The van der Waals surface area contributed by atoms with Crippen LogP contribution in [0.4, 0.5) is 0 Å². The van der Waals surface area contributed by atoms with Gasteiger partial charge in [0.25, 0.3) is 0 Å². The summed E-state index contributed by atoms with van der Waals surface area (Å²) in [7, 11) is 1.85. The fourth-order valence-corrected chi connectivity index (χ4v) is 2.06. The Morgan fingerprint density at radius 2 is 2.29 bits per heavy atom. The lowest BCUT2D eigenvalue weighted by Gasteiger charge is -2.07. The molecule has 7 heteroatoms. The van der Waals surface area contributed by atoms with Gasteiger partial charge in [0.2, 0.25) is 0 Å². The highest BCUT2D eigenvalue weighted by Crippen LogP contribution is 2.20. The molecule has 0 aromatic carbocycles. The monoisotopic (exact) mass is 269 g/mol. The SMILES string of the molecule is Cc1nn(C)c(Cn2ccnc2C(N)=S)c1Cl. The van der Waals surface area contributed by atoms with E-state index in [0.717, 1.165) is 11.4 Å². The fraction of sp³-hybridized carbons (Fsp3) is 0.300. The minimum absolute atomic E-state index is 0.269. The van der Waals surface area contributed by atoms with Gasteiger partial charge in [0, 0.05) is 19.4 Å². The first kappa shape index (κ1) is 12.1. The second-order valence-corrected chi connectivity index (χ2v) is 4.53. The summed E-state index contributed by atoms with van der Waals surface area (Å²) >= 11 is 11.1. The van der Waals surface area contributed by atoms with Crippen molar-refractivity contribution in [1.29, 1.82) is 0 Å². The van der Waals surface area contributed by atoms with Crippen LogP contribution in [0, 0.1) is 6.92 Å². The van der Waals surface area contributed by atoms with E-state index in [9.17, 15) is 0 Å². The van der Waals surface area contributed by atoms with Crippen molar-refractivity contribution in [3.05, 3.63) is 34.6 Å². The van der Waals surface area contributed by atoms with E-state index in [-0.39, 0.29) is 4.99 Å². The normalized spacial score (nSPS) is 10.8. The predicted octanol–water partition coefficient (Wildman–Crippen LogP) is 1.26. The first-order valence-corrected chi connectivity index (χ1v) is 5.78. The Morgan fingerprint density at radius 3 is 2.82 bits per heavy atom. The molecule has 0 aliphatic heterocycles. The van der Waals surface area contributed by atoms with Gasteiger partial charge in [-0.1, -0.05) is 23.8 Å². The number of hydrogen-bond acceptors (Lipinski definition) is 3. The standard InChI is InChI=1S/C10H12ClN5S/c1-6-8(11)7(15(2)14-6)5-16-4-3-13-10(16)9(12)17/h3-4H,5H2,1-2H3,(H2,12,17). The van der Waals surface area contributed by atoms with Crippen LogP contribution in [0.15, 0.2) is 12.4 Å². The number of hydrogen-bond donors (Lipinski definition) is 1. The average molecular weight is 270 g/mol. The first-order valence-electron chi connectivity index (χ1n) is 4.99. The zero-order valence-electron chi connectivity index (χ0n) is 9.51. The Morgan fingerprint density at radius 1 is 1.59 bits per heavy atom. The highest BCUT2D eigenvalue weighted by Gasteiger charge is 2.13. The Labute approximate surface area is 109 Å². The number of nitrogens with zero attached hydrogens (tertiary/aromatic N) is 4. The zero-order valence-corrected chi connectivity index (χ0v) is 11.1. The van der Waals surface area contributed by atoms with Crippen LogP contribution in [0.25, 0.3) is 0 Å². The van der Waals surface area contributed by atoms with E-state index in [1.54, 1.807) is 10.9 Å². The molecule has 0 saturated carbocycles. The molecule has 0 spiro atoms. The third kappa shape index (κ3) is 2.18. The van der Waals surface area contributed by atoms with E-state index < -0.39 is 0 Å². The van der Waals surface area contributed by atoms with Crippen molar-refractivity contribution in [3.8, 4) is 0 Å². The number of nitrogens with two attached hydrogens (primary N) is 1. The second-order valence-electron chi connectivity index (χ2n) is 3.71. The molecule has 0 fully saturated rings. The summed E-state index contributed by atoms with van der Waals surface area (Å²) in [5, 5.41) is 4.91. The van der Waals surface area contributed by atoms with Gasteiger partial charge in [-0.15, -0.1) is 0 Å². The molecule has 0 radical (unpaired) electrons. The van der Waals surface area contributed by atoms with Crippen LogP contribution in [-0.2, 0) is 13.6 Å². The van der Waals surface area contributed by atoms with Gasteiger partial charge in [0.15, 0.2) is 5.82 Å².